The molecule has 8 heteroatoms. The van der Waals surface area contributed by atoms with Gasteiger partial charge in [0.15, 0.2) is 0 Å². The Bertz CT molecular complexity index is 760. The Morgan fingerprint density at radius 2 is 1.93 bits per heavy atom. The average Bonchev–Trinajstić information content (AvgIpc) is 3.11. The minimum absolute atomic E-state index is 0.269. The fraction of sp³-hybridized carbons (Fsp3) is 0.632. The van der Waals surface area contributed by atoms with Crippen molar-refractivity contribution in [3.63, 3.8) is 0 Å². The van der Waals surface area contributed by atoms with Gasteiger partial charge < -0.3 is 15.1 Å². The highest BCUT2D eigenvalue weighted by Gasteiger charge is 2.33. The summed E-state index contributed by atoms with van der Waals surface area (Å²) in [5.74, 6) is -0.266. The highest BCUT2D eigenvalue weighted by Crippen LogP contribution is 2.20. The SMILES string of the molecule is CNCC1CCN(C(=O)CS(=O)(=O)N2CCN(c3cccc(C)c3)CC2)C1. The molecular weight excluding hydrogens is 364 g/mol. The van der Waals surface area contributed by atoms with Gasteiger partial charge >= 0.3 is 0 Å². The zero-order valence-corrected chi connectivity index (χ0v) is 17.0. The summed E-state index contributed by atoms with van der Waals surface area (Å²) in [4.78, 5) is 16.4. The number of benzene rings is 1. The van der Waals surface area contributed by atoms with Crippen LogP contribution in [-0.4, -0.2) is 82.1 Å². The lowest BCUT2D eigenvalue weighted by atomic mass is 10.1. The number of aryl methyl sites for hydroxylation is 1. The van der Waals surface area contributed by atoms with Crippen LogP contribution in [0.2, 0.25) is 0 Å². The number of nitrogens with zero attached hydrogens (tertiary/aromatic N) is 3. The molecule has 1 aromatic rings. The molecule has 3 rings (SSSR count). The standard InChI is InChI=1S/C19H30N4O3S/c1-16-4-3-5-18(12-16)21-8-10-23(11-9-21)27(25,26)15-19(24)22-7-6-17(14-22)13-20-2/h3-5,12,17,20H,6-11,13-15H2,1-2H3. The van der Waals surface area contributed by atoms with Crippen LogP contribution < -0.4 is 10.2 Å². The minimum atomic E-state index is -3.56. The zero-order valence-electron chi connectivity index (χ0n) is 16.2. The Morgan fingerprint density at radius 1 is 1.19 bits per heavy atom. The van der Waals surface area contributed by atoms with Crippen LogP contribution in [0.5, 0.6) is 0 Å². The van der Waals surface area contributed by atoms with Crippen LogP contribution >= 0.6 is 0 Å². The largest absolute Gasteiger partial charge is 0.369 e. The zero-order chi connectivity index (χ0) is 19.4. The third kappa shape index (κ3) is 5.00. The van der Waals surface area contributed by atoms with Gasteiger partial charge in [-0.15, -0.1) is 0 Å². The molecule has 2 saturated heterocycles. The summed E-state index contributed by atoms with van der Waals surface area (Å²) in [5, 5.41) is 3.12. The van der Waals surface area contributed by atoms with Gasteiger partial charge in [-0.1, -0.05) is 12.1 Å². The number of likely N-dealkylation sites (tertiary alicyclic amines) is 1. The Kier molecular flexibility index (Phi) is 6.39. The third-order valence-electron chi connectivity index (χ3n) is 5.44. The molecule has 1 atom stereocenters. The van der Waals surface area contributed by atoms with E-state index in [0.29, 0.717) is 45.2 Å². The molecule has 0 spiro atoms. The van der Waals surface area contributed by atoms with Crippen LogP contribution in [-0.2, 0) is 14.8 Å². The first kappa shape index (κ1) is 20.1. The number of hydrogen-bond donors (Lipinski definition) is 1. The fourth-order valence-corrected chi connectivity index (χ4v) is 5.30. The van der Waals surface area contributed by atoms with Gasteiger partial charge in [-0.25, -0.2) is 8.42 Å². The van der Waals surface area contributed by atoms with Gasteiger partial charge in [0.1, 0.15) is 5.75 Å². The maximum absolute atomic E-state index is 12.7. The molecule has 1 N–H and O–H groups in total. The van der Waals surface area contributed by atoms with Crippen LogP contribution in [0.3, 0.4) is 0 Å². The first-order chi connectivity index (χ1) is 12.9. The third-order valence-corrected chi connectivity index (χ3v) is 7.20. The van der Waals surface area contributed by atoms with E-state index in [1.165, 1.54) is 9.87 Å². The Morgan fingerprint density at radius 3 is 2.59 bits per heavy atom. The van der Waals surface area contributed by atoms with Crippen LogP contribution in [0.1, 0.15) is 12.0 Å². The summed E-state index contributed by atoms with van der Waals surface area (Å²) in [6.45, 7) is 6.35. The summed E-state index contributed by atoms with van der Waals surface area (Å²) in [6.07, 6.45) is 0.932. The lowest BCUT2D eigenvalue weighted by Crippen LogP contribution is -2.50. The second-order valence-electron chi connectivity index (χ2n) is 7.53. The van der Waals surface area contributed by atoms with E-state index >= 15 is 0 Å². The van der Waals surface area contributed by atoms with Gasteiger partial charge in [-0.3, -0.25) is 4.79 Å². The van der Waals surface area contributed by atoms with Crippen molar-refractivity contribution in [3.8, 4) is 0 Å². The summed E-state index contributed by atoms with van der Waals surface area (Å²) in [6, 6.07) is 8.23. The van der Waals surface area contributed by atoms with Crippen molar-refractivity contribution in [1.82, 2.24) is 14.5 Å². The van der Waals surface area contributed by atoms with Crippen molar-refractivity contribution < 1.29 is 13.2 Å². The van der Waals surface area contributed by atoms with Gasteiger partial charge in [0.2, 0.25) is 15.9 Å². The van der Waals surface area contributed by atoms with Crippen LogP contribution in [0.4, 0.5) is 5.69 Å². The van der Waals surface area contributed by atoms with Crippen molar-refractivity contribution in [2.75, 3.05) is 63.5 Å². The number of anilines is 1. The van der Waals surface area contributed by atoms with Gasteiger partial charge in [0.25, 0.3) is 0 Å². The molecule has 150 valence electrons. The fourth-order valence-electron chi connectivity index (χ4n) is 3.90. The predicted octanol–water partition coefficient (Wildman–Crippen LogP) is 0.515. The number of rotatable bonds is 6. The highest BCUT2D eigenvalue weighted by molar-refractivity contribution is 7.89. The number of nitrogens with one attached hydrogen (secondary N) is 1. The number of sulfonamides is 1. The number of carbonyl (C=O) groups is 1. The van der Waals surface area contributed by atoms with Crippen molar-refractivity contribution in [2.45, 2.75) is 13.3 Å². The molecule has 7 nitrogen and oxygen atoms in total. The summed E-state index contributed by atoms with van der Waals surface area (Å²) < 4.78 is 26.9. The molecule has 0 bridgehead atoms. The predicted molar refractivity (Wildman–Crippen MR) is 107 cm³/mol. The molecule has 0 saturated carbocycles. The van der Waals surface area contributed by atoms with Gasteiger partial charge in [-0.05, 0) is 50.6 Å². The molecule has 2 aliphatic heterocycles. The first-order valence-electron chi connectivity index (χ1n) is 9.61. The second kappa shape index (κ2) is 8.58. The van der Waals surface area contributed by atoms with E-state index in [4.69, 9.17) is 0 Å². The van der Waals surface area contributed by atoms with E-state index in [0.717, 1.165) is 18.7 Å². The molecule has 1 aromatic carbocycles. The molecule has 2 fully saturated rings. The van der Waals surface area contributed by atoms with Gasteiger partial charge in [-0.2, -0.15) is 4.31 Å². The lowest BCUT2D eigenvalue weighted by molar-refractivity contribution is -0.127. The molecule has 2 aliphatic rings. The van der Waals surface area contributed by atoms with Crippen molar-refractivity contribution in [1.29, 1.82) is 0 Å². The minimum Gasteiger partial charge on any atom is -0.369 e. The molecular formula is C19H30N4O3S. The Labute approximate surface area is 162 Å². The van der Waals surface area contributed by atoms with E-state index < -0.39 is 15.8 Å². The van der Waals surface area contributed by atoms with Crippen molar-refractivity contribution in [3.05, 3.63) is 29.8 Å². The Balaban J connectivity index is 1.53. The monoisotopic (exact) mass is 394 g/mol. The van der Waals surface area contributed by atoms with E-state index in [9.17, 15) is 13.2 Å². The quantitative estimate of drug-likeness (QED) is 0.761. The van der Waals surface area contributed by atoms with E-state index in [-0.39, 0.29) is 5.91 Å². The lowest BCUT2D eigenvalue weighted by Gasteiger charge is -2.35. The molecule has 2 heterocycles. The van der Waals surface area contributed by atoms with Crippen LogP contribution in [0.25, 0.3) is 0 Å². The number of amides is 1. The summed E-state index contributed by atoms with van der Waals surface area (Å²) >= 11 is 0. The average molecular weight is 395 g/mol. The Hall–Kier alpha value is -1.64. The van der Waals surface area contributed by atoms with E-state index in [1.807, 2.05) is 13.1 Å². The number of carbonyl (C=O) groups excluding carboxylic acids is 1. The first-order valence-corrected chi connectivity index (χ1v) is 11.2. The molecule has 1 unspecified atom stereocenters. The molecule has 27 heavy (non-hydrogen) atoms. The molecule has 1 amide bonds. The maximum Gasteiger partial charge on any atom is 0.239 e. The second-order valence-corrected chi connectivity index (χ2v) is 9.50. The van der Waals surface area contributed by atoms with E-state index in [2.05, 4.69) is 35.3 Å². The van der Waals surface area contributed by atoms with Crippen molar-refractivity contribution >= 4 is 21.6 Å². The maximum atomic E-state index is 12.7. The normalized spacial score (nSPS) is 21.6. The summed E-state index contributed by atoms with van der Waals surface area (Å²) in [7, 11) is -1.67. The summed E-state index contributed by atoms with van der Waals surface area (Å²) in [5.41, 5.74) is 2.31. The van der Waals surface area contributed by atoms with Gasteiger partial charge in [0, 0.05) is 45.0 Å². The van der Waals surface area contributed by atoms with Gasteiger partial charge in [0.05, 0.1) is 0 Å². The number of hydrogen-bond acceptors (Lipinski definition) is 5. The smallest absolute Gasteiger partial charge is 0.239 e. The number of piperazine rings is 1. The molecule has 0 radical (unpaired) electrons. The molecule has 0 aromatic heterocycles. The highest BCUT2D eigenvalue weighted by atomic mass is 32.2. The van der Waals surface area contributed by atoms with Crippen molar-refractivity contribution in [2.24, 2.45) is 5.92 Å². The topological polar surface area (TPSA) is 73.0 Å². The van der Waals surface area contributed by atoms with E-state index in [1.54, 1.807) is 4.90 Å². The molecule has 0 aliphatic carbocycles. The van der Waals surface area contributed by atoms with Crippen LogP contribution in [0.15, 0.2) is 24.3 Å². The van der Waals surface area contributed by atoms with Crippen LogP contribution in [0, 0.1) is 12.8 Å².